The van der Waals surface area contributed by atoms with Crippen LogP contribution in [-0.4, -0.2) is 15.0 Å². The van der Waals surface area contributed by atoms with Gasteiger partial charge in [-0.2, -0.15) is 0 Å². The number of fused-ring (bicyclic) bond motifs is 1. The molecule has 0 spiro atoms. The van der Waals surface area contributed by atoms with Crippen LogP contribution in [0.5, 0.6) is 5.75 Å². The molecule has 2 aromatic carbocycles. The molecule has 0 amide bonds. The van der Waals surface area contributed by atoms with Gasteiger partial charge in [0.15, 0.2) is 21.4 Å². The molecule has 0 bridgehead atoms. The summed E-state index contributed by atoms with van der Waals surface area (Å²) < 4.78 is 59.3. The minimum atomic E-state index is -3.93. The van der Waals surface area contributed by atoms with Crippen molar-refractivity contribution >= 4 is 21.4 Å². The highest BCUT2D eigenvalue weighted by Gasteiger charge is 2.42. The van der Waals surface area contributed by atoms with E-state index in [1.165, 1.54) is 24.3 Å². The van der Waals surface area contributed by atoms with Crippen molar-refractivity contribution in [3.8, 4) is 5.75 Å². The molecule has 1 heterocycles. The van der Waals surface area contributed by atoms with Crippen molar-refractivity contribution in [3.63, 3.8) is 0 Å². The molecule has 0 unspecified atom stereocenters. The Kier molecular flexibility index (Phi) is 4.06. The van der Waals surface area contributed by atoms with E-state index in [0.29, 0.717) is 5.02 Å². The summed E-state index contributed by atoms with van der Waals surface area (Å²) in [6, 6.07) is 7.45. The number of halogens is 3. The lowest BCUT2D eigenvalue weighted by Crippen LogP contribution is -2.31. The van der Waals surface area contributed by atoms with Crippen LogP contribution < -0.4 is 4.74 Å². The molecule has 2 atom stereocenters. The van der Waals surface area contributed by atoms with E-state index in [1.807, 2.05) is 0 Å². The van der Waals surface area contributed by atoms with Crippen LogP contribution in [0.1, 0.15) is 17.7 Å². The fraction of sp³-hybridized carbons (Fsp3) is 0.250. The molecule has 1 aliphatic rings. The molecule has 0 aliphatic carbocycles. The summed E-state index contributed by atoms with van der Waals surface area (Å²) in [5.41, 5.74) is -0.251. The Morgan fingerprint density at radius 2 is 1.70 bits per heavy atom. The Morgan fingerprint density at radius 1 is 1.09 bits per heavy atom. The van der Waals surface area contributed by atoms with Gasteiger partial charge < -0.3 is 4.74 Å². The number of sulfone groups is 1. The molecule has 122 valence electrons. The monoisotopic (exact) mass is 358 g/mol. The van der Waals surface area contributed by atoms with E-state index < -0.39 is 32.6 Å². The van der Waals surface area contributed by atoms with Gasteiger partial charge in [-0.1, -0.05) is 18.5 Å². The molecule has 23 heavy (non-hydrogen) atoms. The smallest absolute Gasteiger partial charge is 0.186 e. The maximum atomic E-state index is 14.3. The van der Waals surface area contributed by atoms with Crippen LogP contribution in [0, 0.1) is 17.6 Å². The van der Waals surface area contributed by atoms with E-state index in [4.69, 9.17) is 16.3 Å². The van der Waals surface area contributed by atoms with Crippen LogP contribution in [0.15, 0.2) is 41.3 Å². The van der Waals surface area contributed by atoms with E-state index in [1.54, 1.807) is 6.92 Å². The predicted molar refractivity (Wildman–Crippen MR) is 82.4 cm³/mol. The molecule has 0 saturated heterocycles. The summed E-state index contributed by atoms with van der Waals surface area (Å²) >= 11 is 5.78. The molecule has 3 rings (SSSR count). The van der Waals surface area contributed by atoms with Crippen molar-refractivity contribution in [1.29, 1.82) is 0 Å². The van der Waals surface area contributed by atoms with Gasteiger partial charge >= 0.3 is 0 Å². The van der Waals surface area contributed by atoms with E-state index in [2.05, 4.69) is 0 Å². The topological polar surface area (TPSA) is 43.4 Å². The predicted octanol–water partition coefficient (Wildman–Crippen LogP) is 4.16. The van der Waals surface area contributed by atoms with Gasteiger partial charge in [-0.05, 0) is 36.4 Å². The maximum Gasteiger partial charge on any atom is 0.186 e. The number of ether oxygens (including phenoxy) is 1. The van der Waals surface area contributed by atoms with Gasteiger partial charge in [-0.25, -0.2) is 17.2 Å². The molecular formula is C16H13ClF2O3S. The second-order valence-electron chi connectivity index (χ2n) is 5.48. The Morgan fingerprint density at radius 3 is 2.35 bits per heavy atom. The van der Waals surface area contributed by atoms with Crippen LogP contribution in [0.25, 0.3) is 0 Å². The van der Waals surface area contributed by atoms with Gasteiger partial charge in [0, 0.05) is 10.9 Å². The van der Waals surface area contributed by atoms with Crippen molar-refractivity contribution in [2.24, 2.45) is 5.92 Å². The van der Waals surface area contributed by atoms with Crippen LogP contribution in [0.4, 0.5) is 8.78 Å². The summed E-state index contributed by atoms with van der Waals surface area (Å²) in [5, 5.41) is -0.829. The quantitative estimate of drug-likeness (QED) is 0.809. The SMILES string of the molecule is C[C@@H]1COc2c(F)ccc(F)c2[C@H]1S(=O)(=O)c1ccc(Cl)cc1. The zero-order valence-corrected chi connectivity index (χ0v) is 13.7. The van der Waals surface area contributed by atoms with Crippen molar-refractivity contribution in [2.45, 2.75) is 17.1 Å². The van der Waals surface area contributed by atoms with Crippen LogP contribution in [0.3, 0.4) is 0 Å². The Bertz CT molecular complexity index is 850. The van der Waals surface area contributed by atoms with Crippen LogP contribution in [-0.2, 0) is 9.84 Å². The number of hydrogen-bond acceptors (Lipinski definition) is 3. The normalized spacial score (nSPS) is 20.7. The van der Waals surface area contributed by atoms with Gasteiger partial charge in [0.1, 0.15) is 11.1 Å². The lowest BCUT2D eigenvalue weighted by Gasteiger charge is -2.31. The number of hydrogen-bond donors (Lipinski definition) is 0. The van der Waals surface area contributed by atoms with E-state index in [9.17, 15) is 17.2 Å². The van der Waals surface area contributed by atoms with E-state index >= 15 is 0 Å². The fourth-order valence-corrected chi connectivity index (χ4v) is 4.93. The summed E-state index contributed by atoms with van der Waals surface area (Å²) in [4.78, 5) is 0.00950. The first-order valence-corrected chi connectivity index (χ1v) is 8.85. The van der Waals surface area contributed by atoms with E-state index in [0.717, 1.165) is 12.1 Å². The van der Waals surface area contributed by atoms with Crippen molar-refractivity contribution < 1.29 is 21.9 Å². The van der Waals surface area contributed by atoms with Crippen molar-refractivity contribution in [2.75, 3.05) is 6.61 Å². The molecule has 0 N–H and O–H groups in total. The number of rotatable bonds is 2. The molecule has 7 heteroatoms. The molecular weight excluding hydrogens is 346 g/mol. The first kappa shape index (κ1) is 16.2. The highest BCUT2D eigenvalue weighted by atomic mass is 35.5. The van der Waals surface area contributed by atoms with Gasteiger partial charge in [-0.3, -0.25) is 0 Å². The Labute approximate surface area is 137 Å². The first-order valence-electron chi connectivity index (χ1n) is 6.92. The number of benzene rings is 2. The lowest BCUT2D eigenvalue weighted by molar-refractivity contribution is 0.213. The molecule has 0 fully saturated rings. The maximum absolute atomic E-state index is 14.3. The highest BCUT2D eigenvalue weighted by molar-refractivity contribution is 7.91. The van der Waals surface area contributed by atoms with Crippen LogP contribution >= 0.6 is 11.6 Å². The second-order valence-corrected chi connectivity index (χ2v) is 7.99. The minimum absolute atomic E-state index is 0.00907. The third-order valence-electron chi connectivity index (χ3n) is 3.86. The van der Waals surface area contributed by atoms with Gasteiger partial charge in [0.05, 0.1) is 17.1 Å². The average Bonchev–Trinajstić information content (AvgIpc) is 2.51. The summed E-state index contributed by atoms with van der Waals surface area (Å²) in [5.74, 6) is -2.43. The average molecular weight is 359 g/mol. The standard InChI is InChI=1S/C16H13ClF2O3S/c1-9-8-22-15-13(19)7-6-12(18)14(15)16(9)23(20,21)11-4-2-10(17)3-5-11/h2-7,9,16H,8H2,1H3/t9-,16+/m1/s1. The van der Waals surface area contributed by atoms with Gasteiger partial charge in [-0.15, -0.1) is 0 Å². The zero-order chi connectivity index (χ0) is 16.8. The summed E-state index contributed by atoms with van der Waals surface area (Å²) in [6.45, 7) is 1.62. The highest BCUT2D eigenvalue weighted by Crippen LogP contribution is 2.45. The van der Waals surface area contributed by atoms with Gasteiger partial charge in [0.25, 0.3) is 0 Å². The fourth-order valence-electron chi connectivity index (χ4n) is 2.78. The van der Waals surface area contributed by atoms with Crippen LogP contribution in [0.2, 0.25) is 5.02 Å². The minimum Gasteiger partial charge on any atom is -0.490 e. The second kappa shape index (κ2) is 5.76. The van der Waals surface area contributed by atoms with Gasteiger partial charge in [0.2, 0.25) is 0 Å². The Balaban J connectivity index is 2.20. The molecule has 2 aromatic rings. The molecule has 0 saturated carbocycles. The lowest BCUT2D eigenvalue weighted by atomic mass is 9.97. The third kappa shape index (κ3) is 2.70. The van der Waals surface area contributed by atoms with E-state index in [-0.39, 0.29) is 22.8 Å². The molecule has 0 radical (unpaired) electrons. The zero-order valence-electron chi connectivity index (χ0n) is 12.1. The van der Waals surface area contributed by atoms with Crippen molar-refractivity contribution in [3.05, 3.63) is 58.6 Å². The molecule has 1 aliphatic heterocycles. The Hall–Kier alpha value is -1.66. The van der Waals surface area contributed by atoms with Crippen molar-refractivity contribution in [1.82, 2.24) is 0 Å². The third-order valence-corrected chi connectivity index (χ3v) is 6.41. The summed E-state index contributed by atoms with van der Waals surface area (Å²) in [7, 11) is -3.93. The first-order chi connectivity index (χ1) is 10.8. The molecule has 3 nitrogen and oxygen atoms in total. The summed E-state index contributed by atoms with van der Waals surface area (Å²) in [6.07, 6.45) is 0. The molecule has 0 aromatic heterocycles. The largest absolute Gasteiger partial charge is 0.490 e.